The fraction of sp³-hybridized carbons (Fsp3) is 0.200. The summed E-state index contributed by atoms with van der Waals surface area (Å²) in [5.74, 6) is 1.21. The predicted octanol–water partition coefficient (Wildman–Crippen LogP) is 6.65. The highest BCUT2D eigenvalue weighted by atomic mass is 35.5. The number of hydrogen-bond donors (Lipinski definition) is 1. The van der Waals surface area contributed by atoms with Crippen LogP contribution in [-0.4, -0.2) is 4.92 Å². The van der Waals surface area contributed by atoms with Crippen LogP contribution in [0.3, 0.4) is 0 Å². The van der Waals surface area contributed by atoms with E-state index in [1.807, 2.05) is 42.5 Å². The lowest BCUT2D eigenvalue weighted by molar-refractivity contribution is -0.384. The SMILES string of the molecule is O=[N+]([O-])c1ccc(Cl)c(C2Nc3c(OCc4ccccc4)cccc3C3C=CCC32)c1. The van der Waals surface area contributed by atoms with Gasteiger partial charge in [0, 0.05) is 28.6 Å². The summed E-state index contributed by atoms with van der Waals surface area (Å²) in [5, 5.41) is 15.5. The van der Waals surface area contributed by atoms with Gasteiger partial charge in [-0.3, -0.25) is 10.1 Å². The van der Waals surface area contributed by atoms with Gasteiger partial charge in [0.05, 0.1) is 16.7 Å². The average Bonchev–Trinajstić information content (AvgIpc) is 3.28. The lowest BCUT2D eigenvalue weighted by atomic mass is 9.77. The molecule has 5 rings (SSSR count). The molecule has 0 aromatic heterocycles. The summed E-state index contributed by atoms with van der Waals surface area (Å²) in [6.07, 6.45) is 5.29. The molecule has 3 atom stereocenters. The number of nitrogens with zero attached hydrogens (tertiary/aromatic N) is 1. The third kappa shape index (κ3) is 3.66. The van der Waals surface area contributed by atoms with E-state index in [-0.39, 0.29) is 28.5 Å². The Hall–Kier alpha value is -3.31. The van der Waals surface area contributed by atoms with E-state index in [4.69, 9.17) is 16.3 Å². The molecule has 1 aliphatic heterocycles. The first-order valence-corrected chi connectivity index (χ1v) is 10.7. The third-order valence-corrected chi connectivity index (χ3v) is 6.47. The summed E-state index contributed by atoms with van der Waals surface area (Å²) >= 11 is 6.52. The highest BCUT2D eigenvalue weighted by Gasteiger charge is 2.40. The normalized spacial score (nSPS) is 21.1. The van der Waals surface area contributed by atoms with Gasteiger partial charge in [0.15, 0.2) is 0 Å². The van der Waals surface area contributed by atoms with E-state index >= 15 is 0 Å². The molecule has 0 saturated heterocycles. The van der Waals surface area contributed by atoms with Crippen molar-refractivity contribution in [3.63, 3.8) is 0 Å². The second-order valence-corrected chi connectivity index (χ2v) is 8.34. The van der Waals surface area contributed by atoms with Gasteiger partial charge in [-0.15, -0.1) is 0 Å². The van der Waals surface area contributed by atoms with Crippen LogP contribution in [-0.2, 0) is 6.61 Å². The van der Waals surface area contributed by atoms with Gasteiger partial charge in [-0.25, -0.2) is 0 Å². The molecule has 0 amide bonds. The molecule has 1 aliphatic carbocycles. The van der Waals surface area contributed by atoms with Gasteiger partial charge in [0.2, 0.25) is 0 Å². The number of nitro benzene ring substituents is 1. The van der Waals surface area contributed by atoms with E-state index in [0.717, 1.165) is 29.0 Å². The Morgan fingerprint density at radius 1 is 1.06 bits per heavy atom. The number of hydrogen-bond acceptors (Lipinski definition) is 4. The molecule has 5 nitrogen and oxygen atoms in total. The molecule has 0 bridgehead atoms. The fourth-order valence-electron chi connectivity index (χ4n) is 4.64. The van der Waals surface area contributed by atoms with Crippen LogP contribution in [0.15, 0.2) is 78.9 Å². The maximum atomic E-state index is 11.4. The van der Waals surface area contributed by atoms with Crippen LogP contribution < -0.4 is 10.1 Å². The molecule has 31 heavy (non-hydrogen) atoms. The summed E-state index contributed by atoms with van der Waals surface area (Å²) in [7, 11) is 0. The van der Waals surface area contributed by atoms with Gasteiger partial charge in [-0.1, -0.05) is 66.2 Å². The van der Waals surface area contributed by atoms with E-state index < -0.39 is 0 Å². The number of benzene rings is 3. The standard InChI is InChI=1S/C25H21ClN2O3/c26-22-13-12-17(28(29)30)14-21(22)24-19-9-4-8-18(19)20-10-5-11-23(25(20)27-24)31-15-16-6-2-1-3-7-16/h1-8,10-14,18-19,24,27H,9,15H2. The molecular weight excluding hydrogens is 412 g/mol. The molecule has 156 valence electrons. The average molecular weight is 433 g/mol. The van der Waals surface area contributed by atoms with Crippen molar-refractivity contribution in [2.45, 2.75) is 25.0 Å². The van der Waals surface area contributed by atoms with Crippen LogP contribution in [0.4, 0.5) is 11.4 Å². The lowest BCUT2D eigenvalue weighted by Crippen LogP contribution is -2.29. The lowest BCUT2D eigenvalue weighted by Gasteiger charge is -2.38. The Morgan fingerprint density at radius 3 is 2.71 bits per heavy atom. The highest BCUT2D eigenvalue weighted by Crippen LogP contribution is 2.53. The molecule has 0 radical (unpaired) electrons. The number of nitrogens with one attached hydrogen (secondary N) is 1. The van der Waals surface area contributed by atoms with E-state index in [0.29, 0.717) is 11.6 Å². The van der Waals surface area contributed by atoms with Crippen LogP contribution in [0.1, 0.15) is 35.1 Å². The van der Waals surface area contributed by atoms with Gasteiger partial charge in [0.25, 0.3) is 5.69 Å². The number of fused-ring (bicyclic) bond motifs is 3. The maximum Gasteiger partial charge on any atom is 0.269 e. The molecule has 0 saturated carbocycles. The molecule has 2 aliphatic rings. The minimum absolute atomic E-state index is 0.0446. The minimum Gasteiger partial charge on any atom is -0.487 e. The van der Waals surface area contributed by atoms with E-state index in [1.165, 1.54) is 11.6 Å². The van der Waals surface area contributed by atoms with Gasteiger partial charge >= 0.3 is 0 Å². The number of nitro groups is 1. The number of rotatable bonds is 5. The third-order valence-electron chi connectivity index (χ3n) is 6.12. The first-order valence-electron chi connectivity index (χ1n) is 10.3. The van der Waals surface area contributed by atoms with Crippen molar-refractivity contribution in [1.82, 2.24) is 0 Å². The highest BCUT2D eigenvalue weighted by molar-refractivity contribution is 6.31. The molecule has 3 aromatic rings. The molecule has 1 N–H and O–H groups in total. The Bertz CT molecular complexity index is 1160. The molecule has 3 unspecified atom stereocenters. The van der Waals surface area contributed by atoms with Crippen LogP contribution >= 0.6 is 11.6 Å². The monoisotopic (exact) mass is 432 g/mol. The molecule has 6 heteroatoms. The van der Waals surface area contributed by atoms with Crippen molar-refractivity contribution >= 4 is 23.0 Å². The van der Waals surface area contributed by atoms with E-state index in [1.54, 1.807) is 12.1 Å². The van der Waals surface area contributed by atoms with Crippen molar-refractivity contribution < 1.29 is 9.66 Å². The number of allylic oxidation sites excluding steroid dienone is 2. The Morgan fingerprint density at radius 2 is 1.90 bits per heavy atom. The van der Waals surface area contributed by atoms with Gasteiger partial charge in [-0.2, -0.15) is 0 Å². The zero-order valence-electron chi connectivity index (χ0n) is 16.7. The van der Waals surface area contributed by atoms with Gasteiger partial charge in [0.1, 0.15) is 12.4 Å². The van der Waals surface area contributed by atoms with E-state index in [9.17, 15) is 10.1 Å². The Kier molecular flexibility index (Phi) is 5.12. The van der Waals surface area contributed by atoms with Crippen molar-refractivity contribution in [2.24, 2.45) is 5.92 Å². The van der Waals surface area contributed by atoms with Crippen LogP contribution in [0.5, 0.6) is 5.75 Å². The maximum absolute atomic E-state index is 11.4. The number of halogens is 1. The molecule has 1 heterocycles. The van der Waals surface area contributed by atoms with Crippen LogP contribution in [0, 0.1) is 16.0 Å². The summed E-state index contributed by atoms with van der Waals surface area (Å²) < 4.78 is 6.19. The first kappa shape index (κ1) is 19.6. The van der Waals surface area contributed by atoms with Crippen molar-refractivity contribution in [2.75, 3.05) is 5.32 Å². The number of non-ortho nitro benzene ring substituents is 1. The van der Waals surface area contributed by atoms with Gasteiger partial charge < -0.3 is 10.1 Å². The van der Waals surface area contributed by atoms with Crippen molar-refractivity contribution in [1.29, 1.82) is 0 Å². The second kappa shape index (κ2) is 8.08. The summed E-state index contributed by atoms with van der Waals surface area (Å²) in [6.45, 7) is 0.463. The largest absolute Gasteiger partial charge is 0.487 e. The van der Waals surface area contributed by atoms with Gasteiger partial charge in [-0.05, 0) is 35.6 Å². The minimum atomic E-state index is -0.380. The Labute approximate surface area is 185 Å². The number of para-hydroxylation sites is 1. The molecule has 0 spiro atoms. The molecule has 0 fully saturated rings. The quantitative estimate of drug-likeness (QED) is 0.278. The second-order valence-electron chi connectivity index (χ2n) is 7.93. The first-order chi connectivity index (χ1) is 15.1. The summed E-state index contributed by atoms with van der Waals surface area (Å²) in [6, 6.07) is 20.6. The summed E-state index contributed by atoms with van der Waals surface area (Å²) in [4.78, 5) is 11.0. The van der Waals surface area contributed by atoms with Crippen LogP contribution in [0.2, 0.25) is 5.02 Å². The smallest absolute Gasteiger partial charge is 0.269 e. The topological polar surface area (TPSA) is 64.4 Å². The number of ether oxygens (including phenoxy) is 1. The molecular formula is C25H21ClN2O3. The fourth-order valence-corrected chi connectivity index (χ4v) is 4.87. The Balaban J connectivity index is 1.52. The zero-order chi connectivity index (χ0) is 21.4. The number of anilines is 1. The summed E-state index contributed by atoms with van der Waals surface area (Å²) in [5.41, 5.74) is 4.00. The van der Waals surface area contributed by atoms with Crippen LogP contribution in [0.25, 0.3) is 0 Å². The van der Waals surface area contributed by atoms with E-state index in [2.05, 4.69) is 23.5 Å². The predicted molar refractivity (Wildman–Crippen MR) is 122 cm³/mol. The molecule has 3 aromatic carbocycles. The van der Waals surface area contributed by atoms with Crippen molar-refractivity contribution in [3.05, 3.63) is 111 Å². The zero-order valence-corrected chi connectivity index (χ0v) is 17.5. The van der Waals surface area contributed by atoms with Crippen molar-refractivity contribution in [3.8, 4) is 5.75 Å².